The highest BCUT2D eigenvalue weighted by molar-refractivity contribution is 7.90. The Labute approximate surface area is 196 Å². The topological polar surface area (TPSA) is 112 Å². The molecular weight excluding hydrogens is 473 g/mol. The highest BCUT2D eigenvalue weighted by Gasteiger charge is 2.50. The fourth-order valence-electron chi connectivity index (χ4n) is 5.05. The number of rotatable bonds is 6. The summed E-state index contributed by atoms with van der Waals surface area (Å²) in [4.78, 5) is 13.2. The smallest absolute Gasteiger partial charge is 0.376 e. The molecule has 1 aliphatic heterocycles. The summed E-state index contributed by atoms with van der Waals surface area (Å²) in [6.45, 7) is 1.89. The molecule has 1 heterocycles. The quantitative estimate of drug-likeness (QED) is 0.622. The Kier molecular flexibility index (Phi) is 5.90. The Morgan fingerprint density at radius 2 is 1.74 bits per heavy atom. The van der Waals surface area contributed by atoms with Crippen LogP contribution in [-0.4, -0.2) is 50.0 Å². The van der Waals surface area contributed by atoms with Gasteiger partial charge in [0.1, 0.15) is 0 Å². The number of amides is 1. The average Bonchev–Trinajstić information content (AvgIpc) is 2.77. The van der Waals surface area contributed by atoms with Crippen LogP contribution in [0.3, 0.4) is 0 Å². The van der Waals surface area contributed by atoms with E-state index in [0.717, 1.165) is 16.4 Å². The molecule has 2 bridgehead atoms. The van der Waals surface area contributed by atoms with Gasteiger partial charge in [0, 0.05) is 25.7 Å². The summed E-state index contributed by atoms with van der Waals surface area (Å²) >= 11 is 0. The van der Waals surface area contributed by atoms with Crippen LogP contribution in [0.4, 0.5) is 18.9 Å². The van der Waals surface area contributed by atoms with Crippen molar-refractivity contribution >= 4 is 21.8 Å². The van der Waals surface area contributed by atoms with E-state index in [1.54, 1.807) is 6.92 Å². The first-order valence-electron chi connectivity index (χ1n) is 11.0. The molecule has 12 heteroatoms. The van der Waals surface area contributed by atoms with Gasteiger partial charge in [0.05, 0.1) is 33.9 Å². The van der Waals surface area contributed by atoms with Crippen molar-refractivity contribution in [3.63, 3.8) is 0 Å². The predicted octanol–water partition coefficient (Wildman–Crippen LogP) is 3.43. The van der Waals surface area contributed by atoms with Gasteiger partial charge in [-0.05, 0) is 63.6 Å². The van der Waals surface area contributed by atoms with Crippen molar-refractivity contribution in [2.45, 2.75) is 62.8 Å². The van der Waals surface area contributed by atoms with Gasteiger partial charge in [0.25, 0.3) is 5.91 Å². The molecule has 4 aliphatic rings. The molecule has 5 rings (SSSR count). The Morgan fingerprint density at radius 3 is 2.24 bits per heavy atom. The second-order valence-electron chi connectivity index (χ2n) is 9.91. The number of alkyl halides is 3. The van der Waals surface area contributed by atoms with Gasteiger partial charge in [0.2, 0.25) is 0 Å². The first-order valence-corrected chi connectivity index (χ1v) is 12.5. The van der Waals surface area contributed by atoms with Gasteiger partial charge in [-0.3, -0.25) is 9.52 Å². The third-order valence-electron chi connectivity index (χ3n) is 7.55. The first kappa shape index (κ1) is 24.8. The van der Waals surface area contributed by atoms with Crippen LogP contribution in [-0.2, 0) is 21.1 Å². The van der Waals surface area contributed by atoms with Crippen LogP contribution in [0.25, 0.3) is 0 Å². The van der Waals surface area contributed by atoms with E-state index in [1.165, 1.54) is 7.11 Å². The largest absolute Gasteiger partial charge is 0.416 e. The number of fused-ring (bicyclic) bond motifs is 3. The van der Waals surface area contributed by atoms with Crippen molar-refractivity contribution in [3.05, 3.63) is 29.3 Å². The normalized spacial score (nSPS) is 28.6. The molecule has 0 atom stereocenters. The van der Waals surface area contributed by atoms with E-state index in [0.29, 0.717) is 44.6 Å². The van der Waals surface area contributed by atoms with Crippen LogP contribution in [0.5, 0.6) is 0 Å². The van der Waals surface area contributed by atoms with Crippen molar-refractivity contribution < 1.29 is 31.1 Å². The number of carbonyl (C=O) groups is 1. The molecule has 0 aromatic heterocycles. The van der Waals surface area contributed by atoms with E-state index in [4.69, 9.17) is 4.74 Å². The number of nitrogens with one attached hydrogen (secondary N) is 2. The molecule has 1 aromatic carbocycles. The molecule has 1 saturated heterocycles. The van der Waals surface area contributed by atoms with Crippen molar-refractivity contribution in [1.29, 1.82) is 5.26 Å². The van der Waals surface area contributed by atoms with Gasteiger partial charge in [-0.15, -0.1) is 0 Å². The van der Waals surface area contributed by atoms with E-state index in [2.05, 4.69) is 16.1 Å². The van der Waals surface area contributed by atoms with Crippen molar-refractivity contribution in [3.8, 4) is 6.07 Å². The van der Waals surface area contributed by atoms with Gasteiger partial charge < -0.3 is 10.1 Å². The summed E-state index contributed by atoms with van der Waals surface area (Å²) < 4.78 is 74.4. The molecule has 2 N–H and O–H groups in total. The number of nitrogens with zero attached hydrogens (tertiary/aromatic N) is 2. The molecular formula is C22H27F3N4O4S. The third-order valence-corrected chi connectivity index (χ3v) is 8.96. The molecule has 1 aromatic rings. The van der Waals surface area contributed by atoms with E-state index in [-0.39, 0.29) is 18.8 Å². The number of carbonyl (C=O) groups excluding carboxylic acids is 1. The second-order valence-corrected chi connectivity index (χ2v) is 11.6. The van der Waals surface area contributed by atoms with Crippen molar-refractivity contribution in [2.24, 2.45) is 5.41 Å². The lowest BCUT2D eigenvalue weighted by atomic mass is 9.58. The fraction of sp³-hybridized carbons (Fsp3) is 0.636. The van der Waals surface area contributed by atoms with Gasteiger partial charge in [0.15, 0.2) is 0 Å². The van der Waals surface area contributed by atoms with Crippen LogP contribution in [0.15, 0.2) is 18.2 Å². The number of nitriles is 1. The molecule has 8 nitrogen and oxygen atoms in total. The summed E-state index contributed by atoms with van der Waals surface area (Å²) in [7, 11) is -2.65. The maximum Gasteiger partial charge on any atom is 0.416 e. The average molecular weight is 501 g/mol. The van der Waals surface area contributed by atoms with Crippen LogP contribution < -0.4 is 10.0 Å². The predicted molar refractivity (Wildman–Crippen MR) is 117 cm³/mol. The number of halogens is 3. The van der Waals surface area contributed by atoms with E-state index < -0.39 is 50.0 Å². The molecule has 186 valence electrons. The number of hydrogen-bond acceptors (Lipinski definition) is 5. The summed E-state index contributed by atoms with van der Waals surface area (Å²) in [6, 6.07) is 4.74. The lowest BCUT2D eigenvalue weighted by Crippen LogP contribution is -2.63. The SMILES string of the molecule is COC1(C)CN(S(=O)(=O)Nc2ccc(C(F)(F)F)cc2C(=O)NC23CCC(C#N)(CC2)CC3)C1. The Balaban J connectivity index is 1.59. The van der Waals surface area contributed by atoms with Gasteiger partial charge in [-0.2, -0.15) is 31.2 Å². The number of hydrogen-bond donors (Lipinski definition) is 2. The zero-order valence-corrected chi connectivity index (χ0v) is 19.8. The molecule has 1 amide bonds. The van der Waals surface area contributed by atoms with Crippen LogP contribution in [0.2, 0.25) is 0 Å². The van der Waals surface area contributed by atoms with E-state index in [9.17, 15) is 31.6 Å². The molecule has 4 fully saturated rings. The Morgan fingerprint density at radius 1 is 1.15 bits per heavy atom. The van der Waals surface area contributed by atoms with E-state index >= 15 is 0 Å². The van der Waals surface area contributed by atoms with Gasteiger partial charge >= 0.3 is 16.4 Å². The van der Waals surface area contributed by atoms with E-state index in [1.807, 2.05) is 0 Å². The maximum atomic E-state index is 13.4. The monoisotopic (exact) mass is 500 g/mol. The minimum atomic E-state index is -4.70. The highest BCUT2D eigenvalue weighted by atomic mass is 32.2. The highest BCUT2D eigenvalue weighted by Crippen LogP contribution is 2.52. The molecule has 0 radical (unpaired) electrons. The standard InChI is InChI=1S/C22H27F3N4O4S/c1-19(33-2)13-29(14-19)34(31,32)28-17-4-3-15(22(23,24)25)11-16(17)18(30)27-21-8-5-20(12-26,6-9-21)7-10-21/h3-4,11,28H,5-10,13-14H2,1-2H3,(H,27,30). The van der Waals surface area contributed by atoms with Crippen molar-refractivity contribution in [2.75, 3.05) is 24.9 Å². The fourth-order valence-corrected chi connectivity index (χ4v) is 6.52. The summed E-state index contributed by atoms with van der Waals surface area (Å²) in [5.41, 5.74) is -3.33. The minimum Gasteiger partial charge on any atom is -0.376 e. The lowest BCUT2D eigenvalue weighted by Gasteiger charge is -2.50. The minimum absolute atomic E-state index is 0.0742. The summed E-state index contributed by atoms with van der Waals surface area (Å²) in [5.74, 6) is -0.777. The molecule has 3 saturated carbocycles. The molecule has 3 aliphatic carbocycles. The number of benzene rings is 1. The Hall–Kier alpha value is -2.36. The lowest BCUT2D eigenvalue weighted by molar-refractivity contribution is -0.137. The van der Waals surface area contributed by atoms with Crippen LogP contribution in [0.1, 0.15) is 61.4 Å². The summed E-state index contributed by atoms with van der Waals surface area (Å²) in [6.07, 6.45) is -1.22. The maximum absolute atomic E-state index is 13.4. The first-order chi connectivity index (χ1) is 15.7. The number of ether oxygens (including phenoxy) is 1. The number of anilines is 1. The zero-order chi connectivity index (χ0) is 25.0. The van der Waals surface area contributed by atoms with Crippen LogP contribution >= 0.6 is 0 Å². The molecule has 34 heavy (non-hydrogen) atoms. The van der Waals surface area contributed by atoms with Gasteiger partial charge in [-0.25, -0.2) is 0 Å². The zero-order valence-electron chi connectivity index (χ0n) is 19.0. The summed E-state index contributed by atoms with van der Waals surface area (Å²) in [5, 5.41) is 12.3. The van der Waals surface area contributed by atoms with Gasteiger partial charge in [-0.1, -0.05) is 0 Å². The van der Waals surface area contributed by atoms with Crippen LogP contribution in [0, 0.1) is 16.7 Å². The second kappa shape index (κ2) is 8.10. The Bertz CT molecular complexity index is 1120. The van der Waals surface area contributed by atoms with Crippen molar-refractivity contribution in [1.82, 2.24) is 9.62 Å². The molecule has 0 spiro atoms. The third kappa shape index (κ3) is 4.48. The molecule has 0 unspecified atom stereocenters. The number of methoxy groups -OCH3 is 1.